The molecule has 0 atom stereocenters. The van der Waals surface area contributed by atoms with Gasteiger partial charge in [0.2, 0.25) is 5.54 Å². The molecule has 0 N–H and O–H groups in total. The smallest absolute Gasteiger partial charge is 0.305 e. The molecular weight excluding hydrogens is 242 g/mol. The van der Waals surface area contributed by atoms with Crippen molar-refractivity contribution in [3.05, 3.63) is 10.1 Å². The van der Waals surface area contributed by atoms with Crippen molar-refractivity contribution >= 4 is 11.9 Å². The zero-order valence-corrected chi connectivity index (χ0v) is 10.9. The zero-order chi connectivity index (χ0) is 14.2. The van der Waals surface area contributed by atoms with Crippen molar-refractivity contribution in [2.24, 2.45) is 0 Å². The van der Waals surface area contributed by atoms with Crippen molar-refractivity contribution in [1.82, 2.24) is 0 Å². The highest BCUT2D eigenvalue weighted by Gasteiger charge is 2.41. The van der Waals surface area contributed by atoms with Crippen LogP contribution in [0.1, 0.15) is 39.0 Å². The van der Waals surface area contributed by atoms with Crippen molar-refractivity contribution in [1.29, 1.82) is 0 Å². The second-order valence-electron chi connectivity index (χ2n) is 3.99. The summed E-state index contributed by atoms with van der Waals surface area (Å²) in [6.07, 6.45) is 0.285. The van der Waals surface area contributed by atoms with Gasteiger partial charge in [-0.3, -0.25) is 19.7 Å². The SMILES string of the molecule is CCC(CCC(=O)OC)(CCC(=O)OC)[N+](=O)[O-]. The minimum absolute atomic E-state index is 0.0352. The molecule has 0 rings (SSSR count). The summed E-state index contributed by atoms with van der Waals surface area (Å²) in [4.78, 5) is 32.8. The van der Waals surface area contributed by atoms with E-state index in [1.807, 2.05) is 0 Å². The van der Waals surface area contributed by atoms with Gasteiger partial charge in [-0.15, -0.1) is 0 Å². The maximum absolute atomic E-state index is 11.2. The largest absolute Gasteiger partial charge is 0.469 e. The van der Waals surface area contributed by atoms with E-state index in [1.54, 1.807) is 6.92 Å². The Morgan fingerprint density at radius 1 is 1.11 bits per heavy atom. The van der Waals surface area contributed by atoms with Crippen LogP contribution in [-0.2, 0) is 19.1 Å². The van der Waals surface area contributed by atoms with Crippen LogP contribution in [0.25, 0.3) is 0 Å². The van der Waals surface area contributed by atoms with Gasteiger partial charge in [0.05, 0.1) is 27.1 Å². The summed E-state index contributed by atoms with van der Waals surface area (Å²) in [6.45, 7) is 1.66. The monoisotopic (exact) mass is 261 g/mol. The molecule has 0 aliphatic heterocycles. The molecular formula is C11H19NO6. The van der Waals surface area contributed by atoms with Gasteiger partial charge in [-0.25, -0.2) is 0 Å². The molecule has 0 bridgehead atoms. The molecule has 0 amide bonds. The Morgan fingerprint density at radius 3 is 1.72 bits per heavy atom. The lowest BCUT2D eigenvalue weighted by Crippen LogP contribution is -2.39. The molecule has 0 aromatic heterocycles. The number of rotatable bonds is 8. The number of methoxy groups -OCH3 is 2. The molecule has 0 heterocycles. The van der Waals surface area contributed by atoms with E-state index in [1.165, 1.54) is 14.2 Å². The zero-order valence-electron chi connectivity index (χ0n) is 10.9. The van der Waals surface area contributed by atoms with Crippen molar-refractivity contribution in [2.45, 2.75) is 44.6 Å². The minimum atomic E-state index is -1.28. The second-order valence-corrected chi connectivity index (χ2v) is 3.99. The third-order valence-electron chi connectivity index (χ3n) is 3.09. The highest BCUT2D eigenvalue weighted by atomic mass is 16.6. The normalized spacial score (nSPS) is 10.8. The van der Waals surface area contributed by atoms with Gasteiger partial charge < -0.3 is 9.47 Å². The highest BCUT2D eigenvalue weighted by molar-refractivity contribution is 5.70. The Bertz CT molecular complexity index is 295. The van der Waals surface area contributed by atoms with E-state index in [9.17, 15) is 19.7 Å². The molecule has 0 spiro atoms. The standard InChI is InChI=1S/C11H19NO6/c1-4-11(12(15)16,7-5-9(13)17-2)8-6-10(14)18-3/h4-8H2,1-3H3. The van der Waals surface area contributed by atoms with E-state index in [0.29, 0.717) is 0 Å². The van der Waals surface area contributed by atoms with Gasteiger partial charge in [0, 0.05) is 24.2 Å². The second kappa shape index (κ2) is 7.62. The predicted molar refractivity (Wildman–Crippen MR) is 62.5 cm³/mol. The average molecular weight is 261 g/mol. The Balaban J connectivity index is 4.66. The maximum Gasteiger partial charge on any atom is 0.305 e. The van der Waals surface area contributed by atoms with Gasteiger partial charge in [-0.05, 0) is 0 Å². The fraction of sp³-hybridized carbons (Fsp3) is 0.818. The molecule has 0 aliphatic rings. The first kappa shape index (κ1) is 16.3. The van der Waals surface area contributed by atoms with Gasteiger partial charge >= 0.3 is 11.9 Å². The first-order chi connectivity index (χ1) is 8.41. The number of hydrogen-bond donors (Lipinski definition) is 0. The molecule has 0 fully saturated rings. The number of nitro groups is 1. The predicted octanol–water partition coefficient (Wildman–Crippen LogP) is 1.32. The molecule has 0 radical (unpaired) electrons. The van der Waals surface area contributed by atoms with Crippen LogP contribution in [0.2, 0.25) is 0 Å². The number of hydrogen-bond acceptors (Lipinski definition) is 6. The van der Waals surface area contributed by atoms with Crippen molar-refractivity contribution in [2.75, 3.05) is 14.2 Å². The van der Waals surface area contributed by atoms with E-state index in [2.05, 4.69) is 9.47 Å². The van der Waals surface area contributed by atoms with Crippen LogP contribution < -0.4 is 0 Å². The maximum atomic E-state index is 11.2. The quantitative estimate of drug-likeness (QED) is 0.371. The van der Waals surface area contributed by atoms with Crippen LogP contribution in [0, 0.1) is 10.1 Å². The van der Waals surface area contributed by atoms with E-state index in [0.717, 1.165) is 0 Å². The molecule has 0 aromatic rings. The molecule has 0 saturated heterocycles. The minimum Gasteiger partial charge on any atom is -0.469 e. The lowest BCUT2D eigenvalue weighted by molar-refractivity contribution is -0.573. The molecule has 0 aromatic carbocycles. The molecule has 7 heteroatoms. The van der Waals surface area contributed by atoms with Crippen LogP contribution in [0.4, 0.5) is 0 Å². The van der Waals surface area contributed by atoms with Gasteiger partial charge in [0.15, 0.2) is 0 Å². The topological polar surface area (TPSA) is 95.7 Å². The lowest BCUT2D eigenvalue weighted by atomic mass is 9.86. The molecule has 0 unspecified atom stereocenters. The summed E-state index contributed by atoms with van der Waals surface area (Å²) in [6, 6.07) is 0. The van der Waals surface area contributed by atoms with Gasteiger partial charge in [-0.2, -0.15) is 0 Å². The van der Waals surface area contributed by atoms with Crippen molar-refractivity contribution < 1.29 is 24.0 Å². The van der Waals surface area contributed by atoms with Gasteiger partial charge in [-0.1, -0.05) is 6.92 Å². The first-order valence-corrected chi connectivity index (χ1v) is 5.70. The van der Waals surface area contributed by atoms with Gasteiger partial charge in [0.1, 0.15) is 0 Å². The summed E-state index contributed by atoms with van der Waals surface area (Å²) >= 11 is 0. The fourth-order valence-electron chi connectivity index (χ4n) is 1.66. The summed E-state index contributed by atoms with van der Waals surface area (Å²) in [5.41, 5.74) is -1.28. The average Bonchev–Trinajstić information content (AvgIpc) is 2.38. The van der Waals surface area contributed by atoms with E-state index >= 15 is 0 Å². The Labute approximate surface area is 106 Å². The van der Waals surface area contributed by atoms with Crippen LogP contribution in [0.15, 0.2) is 0 Å². The van der Waals surface area contributed by atoms with Crippen LogP contribution in [0.5, 0.6) is 0 Å². The summed E-state index contributed by atoms with van der Waals surface area (Å²) in [5, 5.41) is 11.2. The first-order valence-electron chi connectivity index (χ1n) is 5.70. The Hall–Kier alpha value is -1.66. The molecule has 0 saturated carbocycles. The van der Waals surface area contributed by atoms with Crippen molar-refractivity contribution in [3.8, 4) is 0 Å². The van der Waals surface area contributed by atoms with E-state index < -0.39 is 22.4 Å². The summed E-state index contributed by atoms with van der Waals surface area (Å²) in [5.74, 6) is -0.986. The fourth-order valence-corrected chi connectivity index (χ4v) is 1.66. The van der Waals surface area contributed by atoms with Crippen LogP contribution in [-0.4, -0.2) is 36.6 Å². The molecule has 104 valence electrons. The molecule has 7 nitrogen and oxygen atoms in total. The van der Waals surface area contributed by atoms with Gasteiger partial charge in [0.25, 0.3) is 0 Å². The number of ether oxygens (including phenoxy) is 2. The third kappa shape index (κ3) is 4.68. The number of nitrogens with zero attached hydrogens (tertiary/aromatic N) is 1. The Kier molecular flexibility index (Phi) is 6.92. The summed E-state index contributed by atoms with van der Waals surface area (Å²) < 4.78 is 8.93. The lowest BCUT2D eigenvalue weighted by Gasteiger charge is -2.23. The molecule has 0 aliphatic carbocycles. The molecule has 18 heavy (non-hydrogen) atoms. The van der Waals surface area contributed by atoms with Crippen LogP contribution in [0.3, 0.4) is 0 Å². The van der Waals surface area contributed by atoms with Crippen molar-refractivity contribution in [3.63, 3.8) is 0 Å². The number of esters is 2. The highest BCUT2D eigenvalue weighted by Crippen LogP contribution is 2.27. The summed E-state index contributed by atoms with van der Waals surface area (Å²) in [7, 11) is 2.47. The number of carbonyl (C=O) groups excluding carboxylic acids is 2. The third-order valence-corrected chi connectivity index (χ3v) is 3.09. The Morgan fingerprint density at radius 2 is 1.50 bits per heavy atom. The van der Waals surface area contributed by atoms with Crippen LogP contribution >= 0.6 is 0 Å². The number of carbonyl (C=O) groups is 2. The van der Waals surface area contributed by atoms with E-state index in [4.69, 9.17) is 0 Å². The van der Waals surface area contributed by atoms with E-state index in [-0.39, 0.29) is 32.1 Å².